The quantitative estimate of drug-likeness (QED) is 0.661. The van der Waals surface area contributed by atoms with Crippen LogP contribution < -0.4 is 10.6 Å². The van der Waals surface area contributed by atoms with Gasteiger partial charge in [0, 0.05) is 24.8 Å². The fourth-order valence-corrected chi connectivity index (χ4v) is 1.67. The minimum Gasteiger partial charge on any atom is -0.508 e. The molecule has 6 nitrogen and oxygen atoms in total. The van der Waals surface area contributed by atoms with Crippen LogP contribution in [0.4, 0.5) is 5.69 Å². The lowest BCUT2D eigenvalue weighted by molar-refractivity contribution is 0.0696. The molecule has 1 heterocycles. The lowest BCUT2D eigenvalue weighted by Gasteiger charge is -2.20. The molecule has 0 aromatic heterocycles. The van der Waals surface area contributed by atoms with E-state index in [1.807, 2.05) is 0 Å². The van der Waals surface area contributed by atoms with E-state index in [0.29, 0.717) is 17.6 Å². The van der Waals surface area contributed by atoms with Gasteiger partial charge in [-0.1, -0.05) is 6.92 Å². The van der Waals surface area contributed by atoms with Gasteiger partial charge in [-0.25, -0.2) is 4.79 Å². The number of aromatic hydroxyl groups is 1. The molecule has 104 valence electrons. The predicted octanol–water partition coefficient (Wildman–Crippen LogP) is 1.52. The molecule has 19 heavy (non-hydrogen) atoms. The molecule has 1 atom stereocenters. The number of rotatable bonds is 2. The van der Waals surface area contributed by atoms with Gasteiger partial charge in [-0.15, -0.1) is 12.4 Å². The Kier molecular flexibility index (Phi) is 5.00. The van der Waals surface area contributed by atoms with E-state index < -0.39 is 5.97 Å². The summed E-state index contributed by atoms with van der Waals surface area (Å²) in [4.78, 5) is 15.1. The molecule has 0 saturated carbocycles. The molecule has 0 fully saturated rings. The second-order valence-corrected chi connectivity index (χ2v) is 4.37. The van der Waals surface area contributed by atoms with Gasteiger partial charge in [-0.05, 0) is 18.1 Å². The van der Waals surface area contributed by atoms with Crippen molar-refractivity contribution < 1.29 is 15.0 Å². The summed E-state index contributed by atoms with van der Waals surface area (Å²) in [6.45, 7) is 3.63. The van der Waals surface area contributed by atoms with Crippen LogP contribution in [0.25, 0.3) is 0 Å². The van der Waals surface area contributed by atoms with Gasteiger partial charge in [0.25, 0.3) is 0 Å². The number of benzene rings is 1. The lowest BCUT2D eigenvalue weighted by atomic mass is 10.1. The molecule has 1 unspecified atom stereocenters. The van der Waals surface area contributed by atoms with Crippen molar-refractivity contribution in [2.45, 2.75) is 6.92 Å². The fraction of sp³-hybridized carbons (Fsp3) is 0.333. The minimum atomic E-state index is -1.08. The molecule has 0 saturated heterocycles. The number of nitrogens with zero attached hydrogens (tertiary/aromatic N) is 1. The summed E-state index contributed by atoms with van der Waals surface area (Å²) in [7, 11) is 0. The Morgan fingerprint density at radius 3 is 2.79 bits per heavy atom. The molecule has 1 aliphatic rings. The van der Waals surface area contributed by atoms with E-state index in [0.717, 1.165) is 13.1 Å². The highest BCUT2D eigenvalue weighted by atomic mass is 35.5. The molecular weight excluding hydrogens is 270 g/mol. The first kappa shape index (κ1) is 15.1. The Balaban J connectivity index is 0.00000180. The average Bonchev–Trinajstić information content (AvgIpc) is 2.31. The van der Waals surface area contributed by atoms with Gasteiger partial charge >= 0.3 is 5.97 Å². The predicted molar refractivity (Wildman–Crippen MR) is 75.4 cm³/mol. The number of carboxylic acids is 1. The van der Waals surface area contributed by atoms with Gasteiger partial charge in [0.1, 0.15) is 5.75 Å². The summed E-state index contributed by atoms with van der Waals surface area (Å²) in [6, 6.07) is 4.10. The van der Waals surface area contributed by atoms with E-state index in [1.54, 1.807) is 0 Å². The number of nitrogens with one attached hydrogen (secondary N) is 2. The van der Waals surface area contributed by atoms with Crippen LogP contribution in [0, 0.1) is 5.92 Å². The Morgan fingerprint density at radius 1 is 1.47 bits per heavy atom. The number of carbonyl (C=O) groups is 1. The van der Waals surface area contributed by atoms with E-state index in [9.17, 15) is 9.90 Å². The van der Waals surface area contributed by atoms with Crippen molar-refractivity contribution in [2.75, 3.05) is 18.4 Å². The third-order valence-corrected chi connectivity index (χ3v) is 2.61. The molecular formula is C12H16ClN3O3. The summed E-state index contributed by atoms with van der Waals surface area (Å²) in [5.41, 5.74) is 0.524. The summed E-state index contributed by atoms with van der Waals surface area (Å²) < 4.78 is 0. The van der Waals surface area contributed by atoms with Crippen molar-refractivity contribution in [3.05, 3.63) is 23.8 Å². The van der Waals surface area contributed by atoms with Gasteiger partial charge in [0.15, 0.2) is 5.96 Å². The maximum Gasteiger partial charge on any atom is 0.335 e. The van der Waals surface area contributed by atoms with Crippen LogP contribution in [0.3, 0.4) is 0 Å². The van der Waals surface area contributed by atoms with Gasteiger partial charge < -0.3 is 20.8 Å². The van der Waals surface area contributed by atoms with Crippen molar-refractivity contribution in [2.24, 2.45) is 10.9 Å². The Hall–Kier alpha value is -1.95. The second kappa shape index (κ2) is 6.29. The minimum absolute atomic E-state index is 0. The number of hydrogen-bond acceptors (Lipinski definition) is 5. The van der Waals surface area contributed by atoms with E-state index >= 15 is 0 Å². The van der Waals surface area contributed by atoms with Crippen LogP contribution in [0.5, 0.6) is 5.75 Å². The van der Waals surface area contributed by atoms with Gasteiger partial charge in [0.2, 0.25) is 0 Å². The summed E-state index contributed by atoms with van der Waals surface area (Å²) >= 11 is 0. The van der Waals surface area contributed by atoms with Crippen LogP contribution in [0.15, 0.2) is 23.2 Å². The maximum atomic E-state index is 10.9. The number of halogens is 1. The van der Waals surface area contributed by atoms with E-state index in [1.165, 1.54) is 18.2 Å². The smallest absolute Gasteiger partial charge is 0.335 e. The molecule has 0 spiro atoms. The highest BCUT2D eigenvalue weighted by Crippen LogP contribution is 2.20. The SMILES string of the molecule is CC1CN=C(Nc2cc(O)cc(C(=O)O)c2)NC1.Cl. The molecule has 0 radical (unpaired) electrons. The first-order valence-electron chi connectivity index (χ1n) is 5.67. The number of phenolic OH excluding ortho intramolecular Hbond substituents is 1. The molecule has 0 bridgehead atoms. The van der Waals surface area contributed by atoms with E-state index in [-0.39, 0.29) is 23.7 Å². The largest absolute Gasteiger partial charge is 0.508 e. The van der Waals surface area contributed by atoms with Crippen molar-refractivity contribution in [3.8, 4) is 5.75 Å². The van der Waals surface area contributed by atoms with Crippen molar-refractivity contribution in [1.29, 1.82) is 0 Å². The highest BCUT2D eigenvalue weighted by molar-refractivity contribution is 5.96. The average molecular weight is 286 g/mol. The van der Waals surface area contributed by atoms with Gasteiger partial charge in [-0.2, -0.15) is 0 Å². The number of aliphatic imine (C=N–C) groups is 1. The number of aromatic carboxylic acids is 1. The zero-order valence-corrected chi connectivity index (χ0v) is 11.2. The van der Waals surface area contributed by atoms with Crippen LogP contribution in [0.2, 0.25) is 0 Å². The Bertz CT molecular complexity index is 505. The number of hydrogen-bond donors (Lipinski definition) is 4. The molecule has 0 amide bonds. The molecule has 1 aromatic rings. The topological polar surface area (TPSA) is 94.0 Å². The zero-order chi connectivity index (χ0) is 13.1. The lowest BCUT2D eigenvalue weighted by Crippen LogP contribution is -2.39. The number of carboxylic acid groups (broad SMARTS) is 1. The molecule has 7 heteroatoms. The molecule has 0 aliphatic carbocycles. The number of anilines is 1. The van der Waals surface area contributed by atoms with Crippen LogP contribution in [0.1, 0.15) is 17.3 Å². The molecule has 1 aromatic carbocycles. The highest BCUT2D eigenvalue weighted by Gasteiger charge is 2.12. The van der Waals surface area contributed by atoms with E-state index in [2.05, 4.69) is 22.5 Å². The standard InChI is InChI=1S/C12H15N3O3.ClH/c1-7-5-13-12(14-6-7)15-9-2-8(11(17)18)3-10(16)4-9;/h2-4,7,16H,5-6H2,1H3,(H,17,18)(H2,13,14,15);1H. The third-order valence-electron chi connectivity index (χ3n) is 2.61. The Labute approximate surface area is 117 Å². The monoisotopic (exact) mass is 285 g/mol. The first-order valence-corrected chi connectivity index (χ1v) is 5.67. The fourth-order valence-electron chi connectivity index (χ4n) is 1.67. The summed E-state index contributed by atoms with van der Waals surface area (Å²) in [6.07, 6.45) is 0. The number of guanidine groups is 1. The second-order valence-electron chi connectivity index (χ2n) is 4.37. The molecule has 2 rings (SSSR count). The molecule has 1 aliphatic heterocycles. The molecule has 4 N–H and O–H groups in total. The Morgan fingerprint density at radius 2 is 2.21 bits per heavy atom. The normalized spacial score (nSPS) is 17.7. The first-order chi connectivity index (χ1) is 8.54. The third kappa shape index (κ3) is 4.03. The van der Waals surface area contributed by atoms with Gasteiger partial charge in [0.05, 0.1) is 5.56 Å². The summed E-state index contributed by atoms with van der Waals surface area (Å²) in [5.74, 6) is -0.104. The van der Waals surface area contributed by atoms with Crippen LogP contribution in [-0.2, 0) is 0 Å². The van der Waals surface area contributed by atoms with Crippen LogP contribution in [-0.4, -0.2) is 35.2 Å². The van der Waals surface area contributed by atoms with Crippen molar-refractivity contribution in [3.63, 3.8) is 0 Å². The van der Waals surface area contributed by atoms with Crippen molar-refractivity contribution >= 4 is 30.0 Å². The zero-order valence-electron chi connectivity index (χ0n) is 10.4. The maximum absolute atomic E-state index is 10.9. The van der Waals surface area contributed by atoms with Crippen molar-refractivity contribution in [1.82, 2.24) is 5.32 Å². The summed E-state index contributed by atoms with van der Waals surface area (Å²) in [5, 5.41) is 24.4. The van der Waals surface area contributed by atoms with E-state index in [4.69, 9.17) is 5.11 Å². The van der Waals surface area contributed by atoms with Crippen LogP contribution >= 0.6 is 12.4 Å². The van der Waals surface area contributed by atoms with Gasteiger partial charge in [-0.3, -0.25) is 4.99 Å². The number of phenols is 1.